The fraction of sp³-hybridized carbons (Fsp3) is 0.515. The molecule has 9 heteroatoms. The maximum absolute atomic E-state index is 14.0. The third-order valence-corrected chi connectivity index (χ3v) is 10.1. The van der Waals surface area contributed by atoms with Gasteiger partial charge in [0.2, 0.25) is 0 Å². The van der Waals surface area contributed by atoms with Crippen LogP contribution in [-0.4, -0.2) is 68.6 Å². The van der Waals surface area contributed by atoms with E-state index in [1.807, 2.05) is 29.2 Å². The molecule has 0 spiro atoms. The first-order chi connectivity index (χ1) is 20.3. The van der Waals surface area contributed by atoms with Crippen LogP contribution >= 0.6 is 0 Å². The van der Waals surface area contributed by atoms with E-state index in [1.165, 1.54) is 32.4 Å². The van der Waals surface area contributed by atoms with Gasteiger partial charge >= 0.3 is 5.97 Å². The van der Waals surface area contributed by atoms with Crippen LogP contribution < -0.4 is 5.56 Å². The molecular weight excluding hydrogens is 532 g/mol. The number of fused-ring (bicyclic) bond motifs is 5. The van der Waals surface area contributed by atoms with Gasteiger partial charge in [-0.15, -0.1) is 0 Å². The van der Waals surface area contributed by atoms with E-state index in [1.54, 1.807) is 17.6 Å². The number of hydrogen-bond donors (Lipinski definition) is 1. The van der Waals surface area contributed by atoms with Crippen molar-refractivity contribution < 1.29 is 19.4 Å². The zero-order valence-corrected chi connectivity index (χ0v) is 24.4. The van der Waals surface area contributed by atoms with Crippen molar-refractivity contribution in [3.63, 3.8) is 0 Å². The molecule has 0 bridgehead atoms. The molecule has 1 aromatic carbocycles. The number of piperidine rings is 2. The number of aromatic nitrogens is 2. The average Bonchev–Trinajstić information content (AvgIpc) is 3.39. The predicted octanol–water partition coefficient (Wildman–Crippen LogP) is 3.81. The Morgan fingerprint density at radius 3 is 2.69 bits per heavy atom. The molecule has 1 N–H and O–H groups in total. The van der Waals surface area contributed by atoms with Gasteiger partial charge in [0.25, 0.3) is 11.5 Å². The average molecular weight is 571 g/mol. The first-order valence-corrected chi connectivity index (χ1v) is 15.5. The second-order valence-electron chi connectivity index (χ2n) is 12.3. The number of carbonyl (C=O) groups is 2. The zero-order chi connectivity index (χ0) is 29.2. The largest absolute Gasteiger partial charge is 0.458 e. The van der Waals surface area contributed by atoms with Crippen molar-refractivity contribution in [3.05, 3.63) is 62.9 Å². The number of aliphatic hydroxyl groups is 1. The van der Waals surface area contributed by atoms with Crippen molar-refractivity contribution in [3.8, 4) is 11.4 Å². The predicted molar refractivity (Wildman–Crippen MR) is 158 cm³/mol. The summed E-state index contributed by atoms with van der Waals surface area (Å²) in [7, 11) is 0. The summed E-state index contributed by atoms with van der Waals surface area (Å²) in [6.07, 6.45) is 6.01. The normalized spacial score (nSPS) is 25.6. The van der Waals surface area contributed by atoms with Gasteiger partial charge in [0.1, 0.15) is 6.61 Å². The smallest absolute Gasteiger partial charge is 0.343 e. The summed E-state index contributed by atoms with van der Waals surface area (Å²) in [5.41, 5.74) is 1.81. The number of likely N-dealkylation sites (tertiary alicyclic amines) is 2. The maximum Gasteiger partial charge on any atom is 0.343 e. The summed E-state index contributed by atoms with van der Waals surface area (Å²) >= 11 is 0. The molecule has 1 amide bonds. The van der Waals surface area contributed by atoms with Crippen molar-refractivity contribution >= 4 is 22.8 Å². The monoisotopic (exact) mass is 570 g/mol. The number of amides is 1. The molecule has 7 rings (SSSR count). The Kier molecular flexibility index (Phi) is 6.70. The van der Waals surface area contributed by atoms with E-state index in [-0.39, 0.29) is 24.5 Å². The molecule has 6 heterocycles. The molecule has 4 aliphatic heterocycles. The van der Waals surface area contributed by atoms with Crippen LogP contribution in [0.4, 0.5) is 0 Å². The number of pyridine rings is 2. The third kappa shape index (κ3) is 4.12. The number of esters is 1. The standard InChI is InChI=1S/C33H38N4O5/c1-3-20-17-36(14-11-27(20)35-12-6-5-7-13-35)30(38)22-9-8-10-26-23(22)15-21-18-37-28(29(21)34-26)16-25-24(31(37)39)19-42-32(40)33(25,41)4-2/h8-10,15-16,20,27,41H,3-7,11-14,17-19H2,1-2H3/t20?,27?,33-/m0/s1. The van der Waals surface area contributed by atoms with E-state index >= 15 is 0 Å². The van der Waals surface area contributed by atoms with Crippen LogP contribution in [0.15, 0.2) is 35.1 Å². The van der Waals surface area contributed by atoms with Crippen LogP contribution in [0.5, 0.6) is 0 Å². The first-order valence-electron chi connectivity index (χ1n) is 15.5. The summed E-state index contributed by atoms with van der Waals surface area (Å²) in [5.74, 6) is -0.243. The topological polar surface area (TPSA) is 105 Å². The number of ether oxygens (including phenoxy) is 1. The van der Waals surface area contributed by atoms with Gasteiger partial charge in [-0.1, -0.05) is 32.8 Å². The molecule has 2 fully saturated rings. The number of hydrogen-bond acceptors (Lipinski definition) is 7. The van der Waals surface area contributed by atoms with E-state index in [0.29, 0.717) is 52.1 Å². The fourth-order valence-electron chi connectivity index (χ4n) is 7.70. The molecule has 4 aliphatic rings. The molecule has 2 aromatic heterocycles. The lowest BCUT2D eigenvalue weighted by atomic mass is 9.86. The first kappa shape index (κ1) is 27.3. The van der Waals surface area contributed by atoms with Crippen molar-refractivity contribution in [1.29, 1.82) is 0 Å². The molecule has 0 saturated carbocycles. The quantitative estimate of drug-likeness (QED) is 0.372. The lowest BCUT2D eigenvalue weighted by molar-refractivity contribution is -0.172. The zero-order valence-electron chi connectivity index (χ0n) is 24.4. The van der Waals surface area contributed by atoms with E-state index in [2.05, 4.69) is 11.8 Å². The van der Waals surface area contributed by atoms with Crippen molar-refractivity contribution in [2.24, 2.45) is 5.92 Å². The van der Waals surface area contributed by atoms with Crippen LogP contribution in [-0.2, 0) is 28.3 Å². The van der Waals surface area contributed by atoms with Crippen LogP contribution in [0.3, 0.4) is 0 Å². The van der Waals surface area contributed by atoms with Crippen LogP contribution in [0.1, 0.15) is 79.4 Å². The molecule has 2 unspecified atom stereocenters. The molecule has 0 aliphatic carbocycles. The lowest BCUT2D eigenvalue weighted by Crippen LogP contribution is -2.53. The van der Waals surface area contributed by atoms with Gasteiger partial charge in [-0.25, -0.2) is 9.78 Å². The minimum atomic E-state index is -1.86. The number of benzene rings is 1. The second kappa shape index (κ2) is 10.3. The van der Waals surface area contributed by atoms with Crippen molar-refractivity contribution in [1.82, 2.24) is 19.4 Å². The highest BCUT2D eigenvalue weighted by Gasteiger charge is 2.45. The SMILES string of the molecule is CCC1CN(C(=O)c2cccc3nc4c(cc23)Cn2c-4cc3c(c2=O)COC(=O)[C@]3(O)CC)CCC1N1CCCCC1. The molecule has 9 nitrogen and oxygen atoms in total. The summed E-state index contributed by atoms with van der Waals surface area (Å²) in [5, 5.41) is 11.9. The molecule has 3 atom stereocenters. The second-order valence-corrected chi connectivity index (χ2v) is 12.3. The molecule has 3 aromatic rings. The van der Waals surface area contributed by atoms with Crippen molar-refractivity contribution in [2.45, 2.75) is 77.2 Å². The van der Waals surface area contributed by atoms with E-state index in [9.17, 15) is 19.5 Å². The summed E-state index contributed by atoms with van der Waals surface area (Å²) in [4.78, 5) is 49.6. The van der Waals surface area contributed by atoms with Gasteiger partial charge in [-0.3, -0.25) is 14.5 Å². The van der Waals surface area contributed by atoms with E-state index < -0.39 is 11.6 Å². The Bertz CT molecular complexity index is 1660. The highest BCUT2D eigenvalue weighted by atomic mass is 16.6. The molecular formula is C33H38N4O5. The number of nitrogens with zero attached hydrogens (tertiary/aromatic N) is 4. The Hall–Kier alpha value is -3.56. The van der Waals surface area contributed by atoms with Crippen LogP contribution in [0.25, 0.3) is 22.3 Å². The molecule has 2 saturated heterocycles. The Labute approximate surface area is 245 Å². The maximum atomic E-state index is 14.0. The van der Waals surface area contributed by atoms with Gasteiger partial charge in [0, 0.05) is 41.2 Å². The summed E-state index contributed by atoms with van der Waals surface area (Å²) in [6.45, 7) is 7.93. The summed E-state index contributed by atoms with van der Waals surface area (Å²) in [6, 6.07) is 9.90. The van der Waals surface area contributed by atoms with E-state index in [0.717, 1.165) is 36.9 Å². The van der Waals surface area contributed by atoms with Gasteiger partial charge in [0.05, 0.1) is 29.0 Å². The third-order valence-electron chi connectivity index (χ3n) is 10.1. The van der Waals surface area contributed by atoms with Gasteiger partial charge < -0.3 is 19.3 Å². The van der Waals surface area contributed by atoms with Crippen molar-refractivity contribution in [2.75, 3.05) is 26.2 Å². The lowest BCUT2D eigenvalue weighted by Gasteiger charge is -2.45. The Morgan fingerprint density at radius 2 is 1.93 bits per heavy atom. The molecule has 0 radical (unpaired) electrons. The Balaban J connectivity index is 1.22. The Morgan fingerprint density at radius 1 is 1.12 bits per heavy atom. The summed E-state index contributed by atoms with van der Waals surface area (Å²) < 4.78 is 6.81. The number of rotatable bonds is 4. The van der Waals surface area contributed by atoms with Crippen LogP contribution in [0.2, 0.25) is 0 Å². The molecule has 42 heavy (non-hydrogen) atoms. The highest BCUT2D eigenvalue weighted by molar-refractivity contribution is 6.07. The van der Waals surface area contributed by atoms with Gasteiger partial charge in [-0.2, -0.15) is 0 Å². The van der Waals surface area contributed by atoms with Gasteiger partial charge in [-0.05, 0) is 69.0 Å². The number of cyclic esters (lactones) is 1. The number of carbonyl (C=O) groups excluding carboxylic acids is 2. The minimum absolute atomic E-state index is 0.0321. The molecule has 220 valence electrons. The fourth-order valence-corrected chi connectivity index (χ4v) is 7.70. The minimum Gasteiger partial charge on any atom is -0.458 e. The van der Waals surface area contributed by atoms with Gasteiger partial charge in [0.15, 0.2) is 5.60 Å². The van der Waals surface area contributed by atoms with Crippen LogP contribution in [0, 0.1) is 5.92 Å². The highest BCUT2D eigenvalue weighted by Crippen LogP contribution is 2.39. The van der Waals surface area contributed by atoms with E-state index in [4.69, 9.17) is 9.72 Å².